The molecule has 18 heavy (non-hydrogen) atoms. The number of hydrogen-bond acceptors (Lipinski definition) is 1. The van der Waals surface area contributed by atoms with Crippen LogP contribution in [0, 0.1) is 11.8 Å². The lowest BCUT2D eigenvalue weighted by Gasteiger charge is -2.27. The second kappa shape index (κ2) is 7.38. The Morgan fingerprint density at radius 3 is 2.61 bits per heavy atom. The van der Waals surface area contributed by atoms with Crippen molar-refractivity contribution in [2.24, 2.45) is 11.8 Å². The molecule has 0 amide bonds. The molecule has 1 fully saturated rings. The Labute approximate surface area is 111 Å². The van der Waals surface area contributed by atoms with E-state index in [-0.39, 0.29) is 0 Å². The Morgan fingerprint density at radius 1 is 1.22 bits per heavy atom. The Bertz CT molecular complexity index is 349. The largest absolute Gasteiger partial charge is 0.381 e. The second-order valence-electron chi connectivity index (χ2n) is 5.14. The van der Waals surface area contributed by atoms with Crippen LogP contribution in [-0.2, 0) is 11.2 Å². The summed E-state index contributed by atoms with van der Waals surface area (Å²) in [6.07, 6.45) is 9.54. The monoisotopic (exact) mass is 244 g/mol. The lowest BCUT2D eigenvalue weighted by Crippen LogP contribution is -2.21. The van der Waals surface area contributed by atoms with E-state index in [1.807, 2.05) is 0 Å². The van der Waals surface area contributed by atoms with Crippen molar-refractivity contribution in [3.63, 3.8) is 0 Å². The molecule has 1 saturated heterocycles. The minimum absolute atomic E-state index is 0.734. The van der Waals surface area contributed by atoms with Gasteiger partial charge < -0.3 is 4.74 Å². The average Bonchev–Trinajstić information content (AvgIpc) is 2.46. The van der Waals surface area contributed by atoms with Crippen LogP contribution in [-0.4, -0.2) is 13.2 Å². The molecule has 1 unspecified atom stereocenters. The Morgan fingerprint density at radius 2 is 1.94 bits per heavy atom. The van der Waals surface area contributed by atoms with Crippen LogP contribution >= 0.6 is 0 Å². The average molecular weight is 244 g/mol. The third-order valence-corrected chi connectivity index (χ3v) is 3.92. The van der Waals surface area contributed by atoms with Gasteiger partial charge in [-0.1, -0.05) is 49.4 Å². The summed E-state index contributed by atoms with van der Waals surface area (Å²) in [7, 11) is 0. The van der Waals surface area contributed by atoms with Gasteiger partial charge in [0.05, 0.1) is 0 Å². The molecule has 0 aliphatic carbocycles. The molecule has 2 rings (SSSR count). The molecule has 0 bridgehead atoms. The molecule has 1 heterocycles. The maximum Gasteiger partial charge on any atom is 0.0468 e. The van der Waals surface area contributed by atoms with Gasteiger partial charge >= 0.3 is 0 Å². The van der Waals surface area contributed by atoms with Crippen molar-refractivity contribution < 1.29 is 4.74 Å². The minimum atomic E-state index is 0.734. The summed E-state index contributed by atoms with van der Waals surface area (Å²) >= 11 is 0. The van der Waals surface area contributed by atoms with Gasteiger partial charge in [0.25, 0.3) is 0 Å². The zero-order chi connectivity index (χ0) is 12.6. The van der Waals surface area contributed by atoms with Crippen LogP contribution in [0.5, 0.6) is 0 Å². The lowest BCUT2D eigenvalue weighted by atomic mass is 9.84. The molecule has 1 aliphatic heterocycles. The fraction of sp³-hybridized carbons (Fsp3) is 0.529. The maximum absolute atomic E-state index is 5.44. The van der Waals surface area contributed by atoms with E-state index in [1.165, 1.54) is 24.8 Å². The minimum Gasteiger partial charge on any atom is -0.381 e. The molecule has 1 aromatic carbocycles. The Balaban J connectivity index is 1.85. The molecule has 0 N–H and O–H groups in total. The summed E-state index contributed by atoms with van der Waals surface area (Å²) in [5.74, 6) is 1.56. The third kappa shape index (κ3) is 3.99. The van der Waals surface area contributed by atoms with Crippen LogP contribution in [0.3, 0.4) is 0 Å². The van der Waals surface area contributed by atoms with Gasteiger partial charge in [-0.05, 0) is 43.1 Å². The van der Waals surface area contributed by atoms with Crippen molar-refractivity contribution in [1.29, 1.82) is 0 Å². The van der Waals surface area contributed by atoms with Gasteiger partial charge in [0, 0.05) is 13.2 Å². The summed E-state index contributed by atoms with van der Waals surface area (Å²) in [5.41, 5.74) is 1.40. The SMILES string of the molecule is CCC(/C=C\Cc1ccccc1)C1CCOCC1. The van der Waals surface area contributed by atoms with E-state index in [1.54, 1.807) is 0 Å². The molecule has 0 aromatic heterocycles. The van der Waals surface area contributed by atoms with Gasteiger partial charge in [-0.3, -0.25) is 0 Å². The predicted molar refractivity (Wildman–Crippen MR) is 76.6 cm³/mol. The number of hydrogen-bond donors (Lipinski definition) is 0. The summed E-state index contributed by atoms with van der Waals surface area (Å²) in [4.78, 5) is 0. The molecule has 0 saturated carbocycles. The first kappa shape index (κ1) is 13.4. The van der Waals surface area contributed by atoms with Crippen LogP contribution in [0.2, 0.25) is 0 Å². The van der Waals surface area contributed by atoms with E-state index in [9.17, 15) is 0 Å². The predicted octanol–water partition coefficient (Wildman–Crippen LogP) is 4.24. The summed E-state index contributed by atoms with van der Waals surface area (Å²) < 4.78 is 5.44. The van der Waals surface area contributed by atoms with Crippen LogP contribution < -0.4 is 0 Å². The topological polar surface area (TPSA) is 9.23 Å². The summed E-state index contributed by atoms with van der Waals surface area (Å²) in [6.45, 7) is 4.20. The second-order valence-corrected chi connectivity index (χ2v) is 5.14. The smallest absolute Gasteiger partial charge is 0.0468 e. The molecule has 0 radical (unpaired) electrons. The summed E-state index contributed by atoms with van der Waals surface area (Å²) in [6, 6.07) is 10.7. The zero-order valence-electron chi connectivity index (χ0n) is 11.3. The van der Waals surface area contributed by atoms with Gasteiger partial charge in [-0.15, -0.1) is 0 Å². The van der Waals surface area contributed by atoms with Crippen molar-refractivity contribution in [3.05, 3.63) is 48.0 Å². The number of rotatable bonds is 5. The standard InChI is InChI=1S/C17H24O/c1-2-16(17-11-13-18-14-12-17)10-6-9-15-7-4-3-5-8-15/h3-8,10,16-17H,2,9,11-14H2,1H3/b10-6-. The molecule has 1 heteroatoms. The third-order valence-electron chi connectivity index (χ3n) is 3.92. The molecule has 0 spiro atoms. The maximum atomic E-state index is 5.44. The Kier molecular flexibility index (Phi) is 5.47. The lowest BCUT2D eigenvalue weighted by molar-refractivity contribution is 0.0532. The van der Waals surface area contributed by atoms with Crippen LogP contribution in [0.1, 0.15) is 31.7 Å². The van der Waals surface area contributed by atoms with Crippen molar-refractivity contribution in [2.75, 3.05) is 13.2 Å². The van der Waals surface area contributed by atoms with Crippen molar-refractivity contribution in [2.45, 2.75) is 32.6 Å². The van der Waals surface area contributed by atoms with Crippen LogP contribution in [0.15, 0.2) is 42.5 Å². The van der Waals surface area contributed by atoms with Gasteiger partial charge in [0.2, 0.25) is 0 Å². The normalized spacial score (nSPS) is 19.2. The first-order valence-electron chi connectivity index (χ1n) is 7.18. The van der Waals surface area contributed by atoms with E-state index in [0.29, 0.717) is 0 Å². The van der Waals surface area contributed by atoms with E-state index >= 15 is 0 Å². The fourth-order valence-electron chi connectivity index (χ4n) is 2.76. The number of allylic oxidation sites excluding steroid dienone is 2. The molecule has 1 atom stereocenters. The highest BCUT2D eigenvalue weighted by Gasteiger charge is 2.20. The highest BCUT2D eigenvalue weighted by Crippen LogP contribution is 2.27. The molecular weight excluding hydrogens is 220 g/mol. The number of ether oxygens (including phenoxy) is 1. The summed E-state index contributed by atoms with van der Waals surface area (Å²) in [5, 5.41) is 0. The van der Waals surface area contributed by atoms with Gasteiger partial charge in [-0.2, -0.15) is 0 Å². The molecule has 1 aromatic rings. The highest BCUT2D eigenvalue weighted by molar-refractivity contribution is 5.17. The molecular formula is C17H24O. The first-order chi connectivity index (χ1) is 8.90. The van der Waals surface area contributed by atoms with E-state index in [2.05, 4.69) is 49.4 Å². The van der Waals surface area contributed by atoms with Crippen LogP contribution in [0.25, 0.3) is 0 Å². The molecule has 98 valence electrons. The molecule has 1 nitrogen and oxygen atoms in total. The highest BCUT2D eigenvalue weighted by atomic mass is 16.5. The quantitative estimate of drug-likeness (QED) is 0.704. The van der Waals surface area contributed by atoms with Crippen molar-refractivity contribution in [1.82, 2.24) is 0 Å². The van der Waals surface area contributed by atoms with E-state index in [0.717, 1.165) is 31.5 Å². The van der Waals surface area contributed by atoms with Crippen molar-refractivity contribution in [3.8, 4) is 0 Å². The fourth-order valence-corrected chi connectivity index (χ4v) is 2.76. The van der Waals surface area contributed by atoms with Crippen molar-refractivity contribution >= 4 is 0 Å². The molecule has 1 aliphatic rings. The van der Waals surface area contributed by atoms with Gasteiger partial charge in [0.15, 0.2) is 0 Å². The Hall–Kier alpha value is -1.08. The van der Waals surface area contributed by atoms with E-state index in [4.69, 9.17) is 4.74 Å². The zero-order valence-corrected chi connectivity index (χ0v) is 11.3. The van der Waals surface area contributed by atoms with Gasteiger partial charge in [0.1, 0.15) is 0 Å². The first-order valence-corrected chi connectivity index (χ1v) is 7.18. The number of benzene rings is 1. The van der Waals surface area contributed by atoms with E-state index < -0.39 is 0 Å². The van der Waals surface area contributed by atoms with Crippen LogP contribution in [0.4, 0.5) is 0 Å². The van der Waals surface area contributed by atoms with Gasteiger partial charge in [-0.25, -0.2) is 0 Å².